The van der Waals surface area contributed by atoms with Gasteiger partial charge in [0.15, 0.2) is 0 Å². The standard InChI is InChI=1S/C37H62N2O6P2/c1-5-9-26-42-46(40,43-27-10-6-2)32-36(33-47(41,44-28-11-7-3)45-29-12-8-4)30-34-18-20-35(21-19-34)31-38-22-24-39(25-23-38)37-16-14-13-15-17-37/h13-21,36H,5-12,22-33H2,1-4H3. The maximum Gasteiger partial charge on any atom is 0.330 e. The normalized spacial score (nSPS) is 14.7. The van der Waals surface area contributed by atoms with Crippen LogP contribution >= 0.6 is 15.2 Å². The Morgan fingerprint density at radius 1 is 0.596 bits per heavy atom. The molecule has 0 aromatic heterocycles. The number of hydrogen-bond donors (Lipinski definition) is 0. The zero-order chi connectivity index (χ0) is 33.8. The Balaban J connectivity index is 1.72. The lowest BCUT2D eigenvalue weighted by Gasteiger charge is -2.36. The molecule has 0 spiro atoms. The number of unbranched alkanes of at least 4 members (excludes halogenated alkanes) is 4. The number of benzene rings is 2. The van der Waals surface area contributed by atoms with E-state index in [-0.39, 0.29) is 18.2 Å². The van der Waals surface area contributed by atoms with Crippen molar-refractivity contribution in [3.8, 4) is 0 Å². The molecule has 0 saturated carbocycles. The zero-order valence-corrected chi connectivity index (χ0v) is 31.4. The van der Waals surface area contributed by atoms with Crippen molar-refractivity contribution in [3.05, 3.63) is 65.7 Å². The number of anilines is 1. The highest BCUT2D eigenvalue weighted by atomic mass is 31.2. The molecule has 1 heterocycles. The Morgan fingerprint density at radius 2 is 1.02 bits per heavy atom. The van der Waals surface area contributed by atoms with Gasteiger partial charge in [-0.3, -0.25) is 14.0 Å². The molecule has 1 fully saturated rings. The number of nitrogens with zero attached hydrogens (tertiary/aromatic N) is 2. The SMILES string of the molecule is CCCCOP(=O)(CC(Cc1ccc(CN2CCN(c3ccccc3)CC2)cc1)CP(=O)(OCCCC)OCCCC)OCCCC. The van der Waals surface area contributed by atoms with Gasteiger partial charge in [-0.05, 0) is 61.3 Å². The summed E-state index contributed by atoms with van der Waals surface area (Å²) in [6.07, 6.45) is 7.99. The van der Waals surface area contributed by atoms with Gasteiger partial charge in [0, 0.05) is 38.4 Å². The topological polar surface area (TPSA) is 77.5 Å². The van der Waals surface area contributed by atoms with Crippen LogP contribution in [0.3, 0.4) is 0 Å². The molecule has 0 radical (unpaired) electrons. The van der Waals surface area contributed by atoms with E-state index in [1.54, 1.807) is 0 Å². The molecule has 0 unspecified atom stereocenters. The minimum absolute atomic E-state index is 0.187. The minimum Gasteiger partial charge on any atom is -0.369 e. The predicted molar refractivity (Wildman–Crippen MR) is 196 cm³/mol. The Labute approximate surface area is 286 Å². The molecule has 8 nitrogen and oxygen atoms in total. The Hall–Kier alpha value is -1.50. The van der Waals surface area contributed by atoms with E-state index in [4.69, 9.17) is 18.1 Å². The molecule has 10 heteroatoms. The lowest BCUT2D eigenvalue weighted by Crippen LogP contribution is -2.45. The van der Waals surface area contributed by atoms with Gasteiger partial charge < -0.3 is 23.0 Å². The van der Waals surface area contributed by atoms with Crippen molar-refractivity contribution >= 4 is 20.9 Å². The van der Waals surface area contributed by atoms with Crippen LogP contribution in [-0.2, 0) is 40.2 Å². The van der Waals surface area contributed by atoms with Crippen molar-refractivity contribution in [1.82, 2.24) is 4.90 Å². The summed E-state index contributed by atoms with van der Waals surface area (Å²) in [4.78, 5) is 4.96. The second-order valence-corrected chi connectivity index (χ2v) is 17.0. The second-order valence-electron chi connectivity index (χ2n) is 12.8. The first-order valence-electron chi connectivity index (χ1n) is 18.2. The van der Waals surface area contributed by atoms with Gasteiger partial charge in [-0.2, -0.15) is 0 Å². The molecule has 47 heavy (non-hydrogen) atoms. The largest absolute Gasteiger partial charge is 0.369 e. The van der Waals surface area contributed by atoms with Crippen molar-refractivity contribution in [3.63, 3.8) is 0 Å². The van der Waals surface area contributed by atoms with E-state index in [0.29, 0.717) is 32.8 Å². The summed E-state index contributed by atoms with van der Waals surface area (Å²) in [5.74, 6) is -0.255. The molecule has 3 rings (SSSR count). The Kier molecular flexibility index (Phi) is 18.9. The minimum atomic E-state index is -3.43. The lowest BCUT2D eigenvalue weighted by atomic mass is 10.0. The monoisotopic (exact) mass is 692 g/mol. The van der Waals surface area contributed by atoms with Crippen molar-refractivity contribution in [2.75, 3.05) is 69.8 Å². The number of hydrogen-bond acceptors (Lipinski definition) is 8. The van der Waals surface area contributed by atoms with Crippen LogP contribution in [-0.4, -0.2) is 69.8 Å². The molecule has 1 saturated heterocycles. The fourth-order valence-electron chi connectivity index (χ4n) is 5.67. The molecule has 0 amide bonds. The van der Waals surface area contributed by atoms with Crippen LogP contribution in [0.1, 0.15) is 90.2 Å². The molecule has 1 aliphatic heterocycles. The smallest absolute Gasteiger partial charge is 0.330 e. The van der Waals surface area contributed by atoms with Gasteiger partial charge in [0.05, 0.1) is 38.8 Å². The second kappa shape index (κ2) is 22.3. The van der Waals surface area contributed by atoms with Crippen LogP contribution in [0.4, 0.5) is 5.69 Å². The molecule has 0 aliphatic carbocycles. The molecule has 1 aliphatic rings. The van der Waals surface area contributed by atoms with Gasteiger partial charge in [0.1, 0.15) is 0 Å². The zero-order valence-electron chi connectivity index (χ0n) is 29.7. The molecular formula is C37H62N2O6P2. The average molecular weight is 693 g/mol. The van der Waals surface area contributed by atoms with E-state index in [1.165, 1.54) is 11.3 Å². The van der Waals surface area contributed by atoms with E-state index in [9.17, 15) is 9.13 Å². The molecule has 0 N–H and O–H groups in total. The van der Waals surface area contributed by atoms with E-state index in [2.05, 4.69) is 92.1 Å². The fraction of sp³-hybridized carbons (Fsp3) is 0.676. The summed E-state index contributed by atoms with van der Waals surface area (Å²) in [5.41, 5.74) is 3.67. The first kappa shape index (κ1) is 39.9. The van der Waals surface area contributed by atoms with Gasteiger partial charge in [-0.25, -0.2) is 0 Å². The van der Waals surface area contributed by atoms with Gasteiger partial charge in [0.25, 0.3) is 0 Å². The van der Waals surface area contributed by atoms with Crippen LogP contribution in [0, 0.1) is 5.92 Å². The lowest BCUT2D eigenvalue weighted by molar-refractivity contribution is 0.190. The average Bonchev–Trinajstić information content (AvgIpc) is 3.07. The number of rotatable bonds is 25. The van der Waals surface area contributed by atoms with E-state index >= 15 is 0 Å². The maximum atomic E-state index is 14.1. The molecule has 2 aromatic rings. The van der Waals surface area contributed by atoms with Gasteiger partial charge in [-0.15, -0.1) is 0 Å². The molecule has 2 aromatic carbocycles. The highest BCUT2D eigenvalue weighted by Crippen LogP contribution is 2.56. The number of para-hydroxylation sites is 1. The first-order chi connectivity index (χ1) is 22.8. The third-order valence-electron chi connectivity index (χ3n) is 8.55. The Bertz CT molecular complexity index is 1120. The van der Waals surface area contributed by atoms with Crippen LogP contribution in [0.25, 0.3) is 0 Å². The van der Waals surface area contributed by atoms with E-state index in [0.717, 1.165) is 89.7 Å². The summed E-state index contributed by atoms with van der Waals surface area (Å²) in [6, 6.07) is 19.3. The third-order valence-corrected chi connectivity index (χ3v) is 12.8. The van der Waals surface area contributed by atoms with Gasteiger partial charge in [0.2, 0.25) is 0 Å². The third kappa shape index (κ3) is 15.3. The van der Waals surface area contributed by atoms with Gasteiger partial charge >= 0.3 is 15.2 Å². The van der Waals surface area contributed by atoms with Crippen molar-refractivity contribution < 1.29 is 27.2 Å². The van der Waals surface area contributed by atoms with Gasteiger partial charge in [-0.1, -0.05) is 95.8 Å². The Morgan fingerprint density at radius 3 is 1.45 bits per heavy atom. The fourth-order valence-corrected chi connectivity index (χ4v) is 9.86. The summed E-state index contributed by atoms with van der Waals surface area (Å²) >= 11 is 0. The highest BCUT2D eigenvalue weighted by Gasteiger charge is 2.36. The van der Waals surface area contributed by atoms with Crippen LogP contribution in [0.2, 0.25) is 0 Å². The van der Waals surface area contributed by atoms with E-state index < -0.39 is 15.2 Å². The van der Waals surface area contributed by atoms with E-state index in [1.807, 2.05) is 0 Å². The molecular weight excluding hydrogens is 630 g/mol. The van der Waals surface area contributed by atoms with Crippen molar-refractivity contribution in [2.24, 2.45) is 5.92 Å². The first-order valence-corrected chi connectivity index (χ1v) is 21.6. The molecule has 266 valence electrons. The van der Waals surface area contributed by atoms with Crippen LogP contribution in [0.15, 0.2) is 54.6 Å². The summed E-state index contributed by atoms with van der Waals surface area (Å²) < 4.78 is 52.2. The van der Waals surface area contributed by atoms with Crippen LogP contribution in [0.5, 0.6) is 0 Å². The summed E-state index contributed by atoms with van der Waals surface area (Å²) in [5, 5.41) is 0. The summed E-state index contributed by atoms with van der Waals surface area (Å²) in [7, 11) is -6.85. The molecule has 0 bridgehead atoms. The quantitative estimate of drug-likeness (QED) is 0.0752. The van der Waals surface area contributed by atoms with Crippen molar-refractivity contribution in [1.29, 1.82) is 0 Å². The highest BCUT2D eigenvalue weighted by molar-refractivity contribution is 7.55. The van der Waals surface area contributed by atoms with Crippen LogP contribution < -0.4 is 4.90 Å². The molecule has 0 atom stereocenters. The number of piperazine rings is 1. The predicted octanol–water partition coefficient (Wildman–Crippen LogP) is 9.82. The maximum absolute atomic E-state index is 14.1. The summed E-state index contributed by atoms with van der Waals surface area (Å²) in [6.45, 7) is 14.9. The van der Waals surface area contributed by atoms with Crippen molar-refractivity contribution in [2.45, 2.75) is 92.0 Å².